The fraction of sp³-hybridized carbons (Fsp3) is 0.462. The molecule has 0 aliphatic carbocycles. The second-order valence-corrected chi connectivity index (χ2v) is 5.34. The zero-order valence-corrected chi connectivity index (χ0v) is 12.5. The highest BCUT2D eigenvalue weighted by Crippen LogP contribution is 2.16. The minimum Gasteiger partial charge on any atom is -0.408 e. The minimum atomic E-state index is -0.314. The third-order valence-corrected chi connectivity index (χ3v) is 3.40. The number of oxazole rings is 1. The third-order valence-electron chi connectivity index (χ3n) is 2.73. The molecule has 0 saturated carbocycles. The summed E-state index contributed by atoms with van der Waals surface area (Å²) in [5.74, 6) is -0.314. The number of hydrogen-bond donors (Lipinski definition) is 0. The number of benzene rings is 1. The smallest absolute Gasteiger partial charge is 0.408 e. The maximum absolute atomic E-state index is 11.7. The average Bonchev–Trinajstić information content (AvgIpc) is 2.64. The molecule has 0 spiro atoms. The summed E-state index contributed by atoms with van der Waals surface area (Å²) < 4.78 is 13.4. The number of ether oxygens (including phenoxy) is 1. The number of halogens is 1. The van der Waals surface area contributed by atoms with Crippen molar-refractivity contribution < 1.29 is 9.15 Å². The van der Waals surface area contributed by atoms with Gasteiger partial charge in [-0.3, -0.25) is 4.57 Å². The summed E-state index contributed by atoms with van der Waals surface area (Å²) in [5.41, 5.74) is 1.47. The molecule has 0 saturated heterocycles. The minimum absolute atomic E-state index is 0.314. The molecule has 0 radical (unpaired) electrons. The Bertz CT molecular complexity index is 573. The van der Waals surface area contributed by atoms with Gasteiger partial charge in [0, 0.05) is 10.2 Å². The van der Waals surface area contributed by atoms with Crippen molar-refractivity contribution in [1.29, 1.82) is 0 Å². The van der Waals surface area contributed by atoms with Gasteiger partial charge in [-0.15, -0.1) is 0 Å². The summed E-state index contributed by atoms with van der Waals surface area (Å²) in [4.78, 5) is 11.7. The number of unbranched alkanes of at least 4 members (excludes halogenated alkanes) is 1. The number of hydrogen-bond acceptors (Lipinski definition) is 3. The van der Waals surface area contributed by atoms with E-state index in [2.05, 4.69) is 29.5 Å². The lowest BCUT2D eigenvalue weighted by atomic mass is 10.3. The van der Waals surface area contributed by atoms with Crippen LogP contribution in [0, 0.1) is 3.57 Å². The molecule has 1 heterocycles. The predicted molar refractivity (Wildman–Crippen MR) is 78.9 cm³/mol. The molecule has 2 rings (SSSR count). The Morgan fingerprint density at radius 3 is 3.00 bits per heavy atom. The second-order valence-electron chi connectivity index (χ2n) is 4.10. The first-order valence-electron chi connectivity index (χ1n) is 6.09. The molecule has 0 N–H and O–H groups in total. The summed E-state index contributed by atoms with van der Waals surface area (Å²) in [7, 11) is 0. The molecule has 4 nitrogen and oxygen atoms in total. The zero-order chi connectivity index (χ0) is 13.0. The van der Waals surface area contributed by atoms with Crippen LogP contribution in [-0.2, 0) is 11.3 Å². The fourth-order valence-corrected chi connectivity index (χ4v) is 2.22. The molecule has 98 valence electrons. The monoisotopic (exact) mass is 361 g/mol. The van der Waals surface area contributed by atoms with Crippen LogP contribution in [0.25, 0.3) is 11.1 Å². The van der Waals surface area contributed by atoms with Gasteiger partial charge in [0.15, 0.2) is 5.58 Å². The molecule has 18 heavy (non-hydrogen) atoms. The quantitative estimate of drug-likeness (QED) is 0.587. The normalized spacial score (nSPS) is 11.2. The molecule has 1 aromatic carbocycles. The topological polar surface area (TPSA) is 44.4 Å². The van der Waals surface area contributed by atoms with Gasteiger partial charge in [-0.2, -0.15) is 0 Å². The van der Waals surface area contributed by atoms with E-state index >= 15 is 0 Å². The maximum Gasteiger partial charge on any atom is 0.420 e. The van der Waals surface area contributed by atoms with E-state index in [0.717, 1.165) is 28.5 Å². The first-order valence-corrected chi connectivity index (χ1v) is 7.17. The Kier molecular flexibility index (Phi) is 4.82. The average molecular weight is 361 g/mol. The van der Waals surface area contributed by atoms with Crippen molar-refractivity contribution >= 4 is 33.7 Å². The van der Waals surface area contributed by atoms with Crippen molar-refractivity contribution in [2.24, 2.45) is 0 Å². The Balaban J connectivity index is 2.08. The van der Waals surface area contributed by atoms with E-state index in [-0.39, 0.29) is 5.76 Å². The third kappa shape index (κ3) is 3.14. The van der Waals surface area contributed by atoms with E-state index in [1.54, 1.807) is 4.57 Å². The summed E-state index contributed by atoms with van der Waals surface area (Å²) in [5, 5.41) is 0. The van der Waals surface area contributed by atoms with Crippen molar-refractivity contribution in [3.05, 3.63) is 32.3 Å². The largest absolute Gasteiger partial charge is 0.420 e. The number of rotatable bonds is 6. The van der Waals surface area contributed by atoms with Crippen LogP contribution in [0.5, 0.6) is 0 Å². The lowest BCUT2D eigenvalue weighted by molar-refractivity contribution is 0.123. The van der Waals surface area contributed by atoms with E-state index < -0.39 is 0 Å². The van der Waals surface area contributed by atoms with Gasteiger partial charge in [-0.25, -0.2) is 4.79 Å². The van der Waals surface area contributed by atoms with E-state index in [1.807, 2.05) is 18.2 Å². The Morgan fingerprint density at radius 1 is 1.39 bits per heavy atom. The van der Waals surface area contributed by atoms with Crippen LogP contribution in [0.15, 0.2) is 27.4 Å². The van der Waals surface area contributed by atoms with Gasteiger partial charge in [0.05, 0.1) is 18.7 Å². The maximum atomic E-state index is 11.7. The van der Waals surface area contributed by atoms with Crippen LogP contribution in [0.3, 0.4) is 0 Å². The van der Waals surface area contributed by atoms with Crippen molar-refractivity contribution in [3.63, 3.8) is 0 Å². The molecule has 0 aliphatic heterocycles. The van der Waals surface area contributed by atoms with Crippen molar-refractivity contribution in [1.82, 2.24) is 4.57 Å². The number of nitrogens with zero attached hydrogens (tertiary/aromatic N) is 1. The number of aromatic nitrogens is 1. The molecule has 0 aliphatic rings. The van der Waals surface area contributed by atoms with Crippen molar-refractivity contribution in [2.45, 2.75) is 26.3 Å². The molecule has 0 amide bonds. The standard InChI is InChI=1S/C13H16INO3/c1-2-3-7-17-8-6-15-11-5-4-10(14)9-12(11)18-13(15)16/h4-5,9H,2-3,6-8H2,1H3. The number of fused-ring (bicyclic) bond motifs is 1. The van der Waals surface area contributed by atoms with Gasteiger partial charge < -0.3 is 9.15 Å². The SMILES string of the molecule is CCCCOCCn1c(=O)oc2cc(I)ccc21. The molecule has 1 aromatic heterocycles. The van der Waals surface area contributed by atoms with Crippen LogP contribution < -0.4 is 5.76 Å². The second kappa shape index (κ2) is 6.38. The zero-order valence-electron chi connectivity index (χ0n) is 10.3. The summed E-state index contributed by atoms with van der Waals surface area (Å²) in [6, 6.07) is 5.74. The summed E-state index contributed by atoms with van der Waals surface area (Å²) in [6.07, 6.45) is 2.17. The van der Waals surface area contributed by atoms with Gasteiger partial charge >= 0.3 is 5.76 Å². The molecule has 0 unspecified atom stereocenters. The highest BCUT2D eigenvalue weighted by atomic mass is 127. The molecule has 0 atom stereocenters. The van der Waals surface area contributed by atoms with E-state index in [1.165, 1.54) is 0 Å². The van der Waals surface area contributed by atoms with Crippen LogP contribution in [0.4, 0.5) is 0 Å². The molecule has 2 aromatic rings. The van der Waals surface area contributed by atoms with E-state index in [0.29, 0.717) is 18.7 Å². The van der Waals surface area contributed by atoms with Gasteiger partial charge in [0.1, 0.15) is 0 Å². The highest BCUT2D eigenvalue weighted by molar-refractivity contribution is 14.1. The lowest BCUT2D eigenvalue weighted by Crippen LogP contribution is -2.17. The lowest BCUT2D eigenvalue weighted by Gasteiger charge is -2.04. The van der Waals surface area contributed by atoms with Gasteiger partial charge in [0.25, 0.3) is 0 Å². The predicted octanol–water partition coefficient (Wildman–Crippen LogP) is 3.02. The van der Waals surface area contributed by atoms with Crippen LogP contribution in [0.2, 0.25) is 0 Å². The molecule has 0 fully saturated rings. The van der Waals surface area contributed by atoms with Gasteiger partial charge in [-0.05, 0) is 47.2 Å². The Hall–Kier alpha value is -0.820. The molecular formula is C13H16INO3. The van der Waals surface area contributed by atoms with Crippen LogP contribution in [0.1, 0.15) is 19.8 Å². The highest BCUT2D eigenvalue weighted by Gasteiger charge is 2.08. The first-order chi connectivity index (χ1) is 8.72. The van der Waals surface area contributed by atoms with Crippen LogP contribution in [-0.4, -0.2) is 17.8 Å². The van der Waals surface area contributed by atoms with Gasteiger partial charge in [0.2, 0.25) is 0 Å². The molecular weight excluding hydrogens is 345 g/mol. The first kappa shape index (κ1) is 13.6. The van der Waals surface area contributed by atoms with Crippen LogP contribution >= 0.6 is 22.6 Å². The van der Waals surface area contributed by atoms with E-state index in [4.69, 9.17) is 9.15 Å². The molecule has 0 bridgehead atoms. The van der Waals surface area contributed by atoms with Gasteiger partial charge in [-0.1, -0.05) is 13.3 Å². The fourth-order valence-electron chi connectivity index (χ4n) is 1.76. The Morgan fingerprint density at radius 2 is 2.22 bits per heavy atom. The van der Waals surface area contributed by atoms with Crippen molar-refractivity contribution in [3.8, 4) is 0 Å². The Labute approximate surface area is 119 Å². The summed E-state index contributed by atoms with van der Waals surface area (Å²) >= 11 is 2.20. The molecule has 5 heteroatoms. The van der Waals surface area contributed by atoms with Crippen molar-refractivity contribution in [2.75, 3.05) is 13.2 Å². The summed E-state index contributed by atoms with van der Waals surface area (Å²) in [6.45, 7) is 3.95. The van der Waals surface area contributed by atoms with E-state index in [9.17, 15) is 4.79 Å².